The molecular weight excluding hydrogens is 162 g/mol. The van der Waals surface area contributed by atoms with Crippen LogP contribution in [0.25, 0.3) is 0 Å². The zero-order valence-electron chi connectivity index (χ0n) is 7.01. The Bertz CT molecular complexity index is 376. The van der Waals surface area contributed by atoms with Gasteiger partial charge in [-0.25, -0.2) is 0 Å². The first-order valence-corrected chi connectivity index (χ1v) is 4.03. The maximum atomic E-state index is 4.22. The summed E-state index contributed by atoms with van der Waals surface area (Å²) in [6.45, 7) is 0. The molecule has 0 spiro atoms. The van der Waals surface area contributed by atoms with Crippen LogP contribution in [0.2, 0.25) is 0 Å². The minimum atomic E-state index is 0.837. The van der Waals surface area contributed by atoms with Gasteiger partial charge in [0, 0.05) is 12.4 Å². The van der Waals surface area contributed by atoms with E-state index in [2.05, 4.69) is 15.2 Å². The third kappa shape index (κ3) is 2.02. The number of aliphatic imine (C=N–C) groups is 1. The molecule has 0 atom stereocenters. The summed E-state index contributed by atoms with van der Waals surface area (Å²) in [4.78, 5) is 4.22. The Hall–Kier alpha value is -1.90. The van der Waals surface area contributed by atoms with Gasteiger partial charge in [-0.05, 0) is 5.56 Å². The predicted octanol–water partition coefficient (Wildman–Crippen LogP) is 2.16. The van der Waals surface area contributed by atoms with E-state index in [1.165, 1.54) is 0 Å². The van der Waals surface area contributed by atoms with Crippen LogP contribution >= 0.6 is 0 Å². The first kappa shape index (κ1) is 7.73. The van der Waals surface area contributed by atoms with Crippen molar-refractivity contribution >= 4 is 11.9 Å². The van der Waals surface area contributed by atoms with E-state index in [0.717, 1.165) is 11.3 Å². The fraction of sp³-hybridized carbons (Fsp3) is 0. The maximum Gasteiger partial charge on any atom is 0.101 e. The number of hydrogen-bond acceptors (Lipinski definition) is 2. The van der Waals surface area contributed by atoms with E-state index in [1.807, 2.05) is 36.5 Å². The number of aromatic amines is 1. The monoisotopic (exact) mass is 171 g/mol. The molecule has 0 saturated carbocycles. The highest BCUT2D eigenvalue weighted by molar-refractivity contribution is 5.81. The first-order chi connectivity index (χ1) is 6.45. The molecule has 0 saturated heterocycles. The summed E-state index contributed by atoms with van der Waals surface area (Å²) in [6, 6.07) is 9.95. The van der Waals surface area contributed by atoms with Gasteiger partial charge in [-0.2, -0.15) is 5.10 Å². The fourth-order valence-electron chi connectivity index (χ4n) is 1.00. The first-order valence-electron chi connectivity index (χ1n) is 4.03. The van der Waals surface area contributed by atoms with E-state index in [0.29, 0.717) is 0 Å². The standard InChI is InChI=1S/C10H9N3/c1-2-4-9(5-3-1)6-11-10-7-12-13-8-10/h1-8H,(H,12,13). The fourth-order valence-corrected chi connectivity index (χ4v) is 1.00. The molecule has 0 radical (unpaired) electrons. The van der Waals surface area contributed by atoms with Gasteiger partial charge in [0.15, 0.2) is 0 Å². The van der Waals surface area contributed by atoms with Crippen molar-refractivity contribution in [2.75, 3.05) is 0 Å². The van der Waals surface area contributed by atoms with E-state index in [9.17, 15) is 0 Å². The summed E-state index contributed by atoms with van der Waals surface area (Å²) in [7, 11) is 0. The van der Waals surface area contributed by atoms with Gasteiger partial charge in [0.25, 0.3) is 0 Å². The van der Waals surface area contributed by atoms with Gasteiger partial charge in [0.2, 0.25) is 0 Å². The molecule has 13 heavy (non-hydrogen) atoms. The Kier molecular flexibility index (Phi) is 2.18. The molecule has 3 nitrogen and oxygen atoms in total. The molecule has 0 aliphatic heterocycles. The second kappa shape index (κ2) is 3.67. The SMILES string of the molecule is C(=Nc1cn[nH]c1)c1ccccc1. The lowest BCUT2D eigenvalue weighted by Crippen LogP contribution is -1.76. The van der Waals surface area contributed by atoms with Crippen LogP contribution < -0.4 is 0 Å². The van der Waals surface area contributed by atoms with Crippen LogP contribution in [0, 0.1) is 0 Å². The van der Waals surface area contributed by atoms with Crippen LogP contribution in [0.3, 0.4) is 0 Å². The molecule has 3 heteroatoms. The van der Waals surface area contributed by atoms with Crippen molar-refractivity contribution in [3.63, 3.8) is 0 Å². The van der Waals surface area contributed by atoms with Gasteiger partial charge < -0.3 is 0 Å². The van der Waals surface area contributed by atoms with Gasteiger partial charge in [0.1, 0.15) is 5.69 Å². The molecule has 1 N–H and O–H groups in total. The van der Waals surface area contributed by atoms with Crippen molar-refractivity contribution < 1.29 is 0 Å². The van der Waals surface area contributed by atoms with Crippen molar-refractivity contribution in [1.82, 2.24) is 10.2 Å². The summed E-state index contributed by atoms with van der Waals surface area (Å²) in [6.07, 6.45) is 5.24. The third-order valence-electron chi connectivity index (χ3n) is 1.65. The Morgan fingerprint density at radius 2 is 2.08 bits per heavy atom. The lowest BCUT2D eigenvalue weighted by atomic mass is 10.2. The number of nitrogens with one attached hydrogen (secondary N) is 1. The molecule has 0 aliphatic rings. The second-order valence-electron chi connectivity index (χ2n) is 2.63. The molecule has 1 heterocycles. The summed E-state index contributed by atoms with van der Waals surface area (Å²) in [5.74, 6) is 0. The molecule has 0 amide bonds. The van der Waals surface area contributed by atoms with E-state index in [4.69, 9.17) is 0 Å². The number of benzene rings is 1. The lowest BCUT2D eigenvalue weighted by Gasteiger charge is -1.88. The second-order valence-corrected chi connectivity index (χ2v) is 2.63. The van der Waals surface area contributed by atoms with E-state index >= 15 is 0 Å². The molecule has 1 aromatic carbocycles. The molecule has 2 aromatic rings. The largest absolute Gasteiger partial charge is 0.283 e. The Morgan fingerprint density at radius 3 is 2.77 bits per heavy atom. The van der Waals surface area contributed by atoms with Crippen molar-refractivity contribution in [2.24, 2.45) is 4.99 Å². The Morgan fingerprint density at radius 1 is 1.23 bits per heavy atom. The van der Waals surface area contributed by atoms with Crippen molar-refractivity contribution in [2.45, 2.75) is 0 Å². The minimum Gasteiger partial charge on any atom is -0.283 e. The quantitative estimate of drug-likeness (QED) is 0.691. The number of hydrogen-bond donors (Lipinski definition) is 1. The van der Waals surface area contributed by atoms with Crippen LogP contribution in [-0.2, 0) is 0 Å². The summed E-state index contributed by atoms with van der Waals surface area (Å²) < 4.78 is 0. The lowest BCUT2D eigenvalue weighted by molar-refractivity contribution is 1.09. The van der Waals surface area contributed by atoms with Crippen molar-refractivity contribution in [3.05, 3.63) is 48.3 Å². The van der Waals surface area contributed by atoms with E-state index < -0.39 is 0 Å². The molecule has 0 fully saturated rings. The number of nitrogens with zero attached hydrogens (tertiary/aromatic N) is 2. The van der Waals surface area contributed by atoms with Crippen LogP contribution in [0.15, 0.2) is 47.7 Å². The average molecular weight is 171 g/mol. The van der Waals surface area contributed by atoms with Crippen LogP contribution in [-0.4, -0.2) is 16.4 Å². The zero-order valence-corrected chi connectivity index (χ0v) is 7.01. The molecule has 1 aromatic heterocycles. The van der Waals surface area contributed by atoms with E-state index in [-0.39, 0.29) is 0 Å². The summed E-state index contributed by atoms with van der Waals surface area (Å²) in [5.41, 5.74) is 1.92. The van der Waals surface area contributed by atoms with Gasteiger partial charge in [0.05, 0.1) is 6.20 Å². The van der Waals surface area contributed by atoms with E-state index in [1.54, 1.807) is 12.4 Å². The van der Waals surface area contributed by atoms with Crippen LogP contribution in [0.5, 0.6) is 0 Å². The highest BCUT2D eigenvalue weighted by atomic mass is 15.1. The Balaban J connectivity index is 2.15. The van der Waals surface area contributed by atoms with Gasteiger partial charge >= 0.3 is 0 Å². The zero-order chi connectivity index (χ0) is 8.93. The van der Waals surface area contributed by atoms with Gasteiger partial charge in [-0.1, -0.05) is 30.3 Å². The van der Waals surface area contributed by atoms with Gasteiger partial charge in [-0.3, -0.25) is 10.1 Å². The highest BCUT2D eigenvalue weighted by Crippen LogP contribution is 2.06. The maximum absolute atomic E-state index is 4.22. The molecule has 64 valence electrons. The number of aromatic nitrogens is 2. The van der Waals surface area contributed by atoms with Crippen molar-refractivity contribution in [3.8, 4) is 0 Å². The van der Waals surface area contributed by atoms with Crippen LogP contribution in [0.4, 0.5) is 5.69 Å². The molecule has 2 rings (SSSR count). The summed E-state index contributed by atoms with van der Waals surface area (Å²) >= 11 is 0. The van der Waals surface area contributed by atoms with Crippen LogP contribution in [0.1, 0.15) is 5.56 Å². The normalized spacial score (nSPS) is 10.8. The Labute approximate surface area is 76.1 Å². The molecular formula is C10H9N3. The summed E-state index contributed by atoms with van der Waals surface area (Å²) in [5, 5.41) is 6.50. The predicted molar refractivity (Wildman–Crippen MR) is 52.3 cm³/mol. The number of rotatable bonds is 2. The molecule has 0 unspecified atom stereocenters. The van der Waals surface area contributed by atoms with Gasteiger partial charge in [-0.15, -0.1) is 0 Å². The average Bonchev–Trinajstić information content (AvgIpc) is 2.69. The third-order valence-corrected chi connectivity index (χ3v) is 1.65. The topological polar surface area (TPSA) is 41.0 Å². The molecule has 0 bridgehead atoms. The molecule has 0 aliphatic carbocycles. The van der Waals surface area contributed by atoms with Crippen molar-refractivity contribution in [1.29, 1.82) is 0 Å². The highest BCUT2D eigenvalue weighted by Gasteiger charge is 1.87. The number of H-pyrrole nitrogens is 1. The minimum absolute atomic E-state index is 0.837. The smallest absolute Gasteiger partial charge is 0.101 e.